The first-order valence-corrected chi connectivity index (χ1v) is 12.3. The molecule has 1 aliphatic rings. The van der Waals surface area contributed by atoms with E-state index in [0.717, 1.165) is 16.7 Å². The number of nitrogens with one attached hydrogen (secondary N) is 1. The lowest BCUT2D eigenvalue weighted by atomic mass is 10.0. The number of rotatable bonds is 6. The van der Waals surface area contributed by atoms with Crippen molar-refractivity contribution in [3.63, 3.8) is 0 Å². The van der Waals surface area contributed by atoms with Gasteiger partial charge in [0.2, 0.25) is 5.91 Å². The number of carbonyl (C=O) groups excluding carboxylic acids is 3. The zero-order chi connectivity index (χ0) is 22.8. The number of benzene rings is 1. The standard InChI is InChI=1S/C20H23N3O6S2/c1-3-29-20(26)23-9-8-14-15(11-23)30-19(17(14)18(21)25)22-16(24)10-12-4-6-13(7-5-12)31(2,27)28/h4-7H,3,8-11H2,1-2H3,(H2,21,25)(H,22,24). The number of sulfone groups is 1. The number of hydrogen-bond donors (Lipinski definition) is 2. The van der Waals surface area contributed by atoms with Gasteiger partial charge < -0.3 is 20.7 Å². The third kappa shape index (κ3) is 5.23. The van der Waals surface area contributed by atoms with E-state index in [9.17, 15) is 22.8 Å². The summed E-state index contributed by atoms with van der Waals surface area (Å²) in [5.74, 6) is -1.01. The zero-order valence-electron chi connectivity index (χ0n) is 17.1. The number of nitrogens with zero attached hydrogens (tertiary/aromatic N) is 1. The van der Waals surface area contributed by atoms with E-state index < -0.39 is 21.8 Å². The Morgan fingerprint density at radius 2 is 1.90 bits per heavy atom. The van der Waals surface area contributed by atoms with Gasteiger partial charge in [-0.2, -0.15) is 0 Å². The fourth-order valence-electron chi connectivity index (χ4n) is 3.33. The zero-order valence-corrected chi connectivity index (χ0v) is 18.8. The maximum atomic E-state index is 12.5. The summed E-state index contributed by atoms with van der Waals surface area (Å²) in [6, 6.07) is 6.03. The molecule has 0 bridgehead atoms. The van der Waals surface area contributed by atoms with Gasteiger partial charge in [-0.05, 0) is 36.6 Å². The van der Waals surface area contributed by atoms with E-state index in [4.69, 9.17) is 10.5 Å². The molecule has 3 rings (SSSR count). The van der Waals surface area contributed by atoms with Gasteiger partial charge in [0, 0.05) is 17.7 Å². The fraction of sp³-hybridized carbons (Fsp3) is 0.350. The van der Waals surface area contributed by atoms with Gasteiger partial charge in [0.1, 0.15) is 5.00 Å². The molecule has 3 amide bonds. The predicted molar refractivity (Wildman–Crippen MR) is 116 cm³/mol. The van der Waals surface area contributed by atoms with Gasteiger partial charge in [-0.1, -0.05) is 12.1 Å². The molecule has 0 fully saturated rings. The third-order valence-corrected chi connectivity index (χ3v) is 7.06. The minimum atomic E-state index is -3.32. The van der Waals surface area contributed by atoms with E-state index >= 15 is 0 Å². The van der Waals surface area contributed by atoms with Crippen molar-refractivity contribution in [1.82, 2.24) is 4.90 Å². The number of carbonyl (C=O) groups is 3. The van der Waals surface area contributed by atoms with E-state index in [1.807, 2.05) is 0 Å². The SMILES string of the molecule is CCOC(=O)N1CCc2c(sc(NC(=O)Cc3ccc(S(C)(=O)=O)cc3)c2C(N)=O)C1. The molecule has 2 heterocycles. The molecule has 3 N–H and O–H groups in total. The van der Waals surface area contributed by atoms with Gasteiger partial charge in [-0.15, -0.1) is 11.3 Å². The van der Waals surface area contributed by atoms with Crippen LogP contribution in [0.3, 0.4) is 0 Å². The van der Waals surface area contributed by atoms with Crippen molar-refractivity contribution in [2.75, 3.05) is 24.7 Å². The van der Waals surface area contributed by atoms with E-state index in [0.29, 0.717) is 23.5 Å². The summed E-state index contributed by atoms with van der Waals surface area (Å²) in [5, 5.41) is 3.09. The lowest BCUT2D eigenvalue weighted by molar-refractivity contribution is -0.115. The summed E-state index contributed by atoms with van der Waals surface area (Å²) in [6.45, 7) is 2.67. The third-order valence-electron chi connectivity index (χ3n) is 4.80. The molecule has 1 aromatic heterocycles. The number of amides is 3. The second-order valence-corrected chi connectivity index (χ2v) is 10.2. The largest absolute Gasteiger partial charge is 0.450 e. The molecule has 9 nitrogen and oxygen atoms in total. The lowest BCUT2D eigenvalue weighted by Gasteiger charge is -2.26. The Morgan fingerprint density at radius 1 is 1.23 bits per heavy atom. The number of fused-ring (bicyclic) bond motifs is 1. The molecule has 0 spiro atoms. The smallest absolute Gasteiger partial charge is 0.410 e. The van der Waals surface area contributed by atoms with Crippen LogP contribution in [0.5, 0.6) is 0 Å². The average Bonchev–Trinajstić information content (AvgIpc) is 3.04. The van der Waals surface area contributed by atoms with Crippen molar-refractivity contribution in [3.8, 4) is 0 Å². The molecule has 1 aromatic carbocycles. The van der Waals surface area contributed by atoms with Gasteiger partial charge in [-0.25, -0.2) is 13.2 Å². The molecule has 0 atom stereocenters. The number of ether oxygens (including phenoxy) is 1. The summed E-state index contributed by atoms with van der Waals surface area (Å²) < 4.78 is 28.1. The quantitative estimate of drug-likeness (QED) is 0.669. The Bertz CT molecular complexity index is 1120. The Labute approximate surface area is 184 Å². The molecule has 0 saturated heterocycles. The van der Waals surface area contributed by atoms with Crippen LogP contribution in [-0.4, -0.2) is 50.6 Å². The van der Waals surface area contributed by atoms with E-state index in [1.165, 1.54) is 23.5 Å². The minimum Gasteiger partial charge on any atom is -0.450 e. The molecular weight excluding hydrogens is 442 g/mol. The summed E-state index contributed by atoms with van der Waals surface area (Å²) in [4.78, 5) is 39.1. The number of thiophene rings is 1. The first kappa shape index (κ1) is 22.8. The van der Waals surface area contributed by atoms with Gasteiger partial charge in [0.25, 0.3) is 5.91 Å². The van der Waals surface area contributed by atoms with Crippen LogP contribution in [0, 0.1) is 0 Å². The number of hydrogen-bond acceptors (Lipinski definition) is 7. The highest BCUT2D eigenvalue weighted by Gasteiger charge is 2.30. The molecule has 1 aliphatic heterocycles. The number of anilines is 1. The Balaban J connectivity index is 1.76. The second kappa shape index (κ2) is 9.06. The van der Waals surface area contributed by atoms with Crippen molar-refractivity contribution >= 4 is 44.1 Å². The Kier molecular flexibility index (Phi) is 6.65. The molecule has 2 aromatic rings. The monoisotopic (exact) mass is 465 g/mol. The highest BCUT2D eigenvalue weighted by Crippen LogP contribution is 2.37. The molecule has 0 unspecified atom stereocenters. The van der Waals surface area contributed by atoms with Crippen LogP contribution >= 0.6 is 11.3 Å². The molecule has 0 aliphatic carbocycles. The minimum absolute atomic E-state index is 0.000237. The van der Waals surface area contributed by atoms with Gasteiger partial charge >= 0.3 is 6.09 Å². The van der Waals surface area contributed by atoms with Crippen molar-refractivity contribution in [1.29, 1.82) is 0 Å². The Morgan fingerprint density at radius 3 is 2.48 bits per heavy atom. The maximum Gasteiger partial charge on any atom is 0.410 e. The van der Waals surface area contributed by atoms with Crippen LogP contribution in [0.15, 0.2) is 29.2 Å². The van der Waals surface area contributed by atoms with Crippen LogP contribution in [0.25, 0.3) is 0 Å². The van der Waals surface area contributed by atoms with Crippen LogP contribution in [0.2, 0.25) is 0 Å². The summed E-state index contributed by atoms with van der Waals surface area (Å²) in [5.41, 5.74) is 7.20. The van der Waals surface area contributed by atoms with Crippen LogP contribution in [0.4, 0.5) is 9.80 Å². The first-order chi connectivity index (χ1) is 14.6. The summed E-state index contributed by atoms with van der Waals surface area (Å²) in [6.07, 6.45) is 1.12. The van der Waals surface area contributed by atoms with E-state index in [2.05, 4.69) is 5.32 Å². The topological polar surface area (TPSA) is 136 Å². The Hall–Kier alpha value is -2.92. The van der Waals surface area contributed by atoms with Gasteiger partial charge in [0.05, 0.1) is 30.0 Å². The maximum absolute atomic E-state index is 12.5. The molecule has 31 heavy (non-hydrogen) atoms. The molecular formula is C20H23N3O6S2. The van der Waals surface area contributed by atoms with Crippen molar-refractivity contribution in [2.45, 2.75) is 31.2 Å². The van der Waals surface area contributed by atoms with Gasteiger partial charge in [-0.3, -0.25) is 9.59 Å². The van der Waals surface area contributed by atoms with E-state index in [-0.39, 0.29) is 35.9 Å². The molecule has 166 valence electrons. The normalized spacial score (nSPS) is 13.4. The van der Waals surface area contributed by atoms with Crippen LogP contribution < -0.4 is 11.1 Å². The predicted octanol–water partition coefficient (Wildman–Crippen LogP) is 1.95. The van der Waals surface area contributed by atoms with Crippen molar-refractivity contribution in [2.24, 2.45) is 5.73 Å². The number of primary amides is 1. The van der Waals surface area contributed by atoms with E-state index in [1.54, 1.807) is 24.0 Å². The lowest BCUT2D eigenvalue weighted by Crippen LogP contribution is -2.36. The fourth-order valence-corrected chi connectivity index (χ4v) is 5.25. The van der Waals surface area contributed by atoms with Crippen molar-refractivity contribution < 1.29 is 27.5 Å². The second-order valence-electron chi connectivity index (χ2n) is 7.08. The number of nitrogens with two attached hydrogens (primary N) is 1. The highest BCUT2D eigenvalue weighted by atomic mass is 32.2. The molecule has 0 saturated carbocycles. The molecule has 11 heteroatoms. The van der Waals surface area contributed by atoms with Crippen LogP contribution in [-0.2, 0) is 38.8 Å². The summed E-state index contributed by atoms with van der Waals surface area (Å²) >= 11 is 1.21. The van der Waals surface area contributed by atoms with Gasteiger partial charge in [0.15, 0.2) is 9.84 Å². The highest BCUT2D eigenvalue weighted by molar-refractivity contribution is 7.90. The average molecular weight is 466 g/mol. The molecule has 0 radical (unpaired) electrons. The summed E-state index contributed by atoms with van der Waals surface area (Å²) in [7, 11) is -3.32. The van der Waals surface area contributed by atoms with Crippen molar-refractivity contribution in [3.05, 3.63) is 45.8 Å². The first-order valence-electron chi connectivity index (χ1n) is 9.55. The van der Waals surface area contributed by atoms with Crippen LogP contribution in [0.1, 0.15) is 33.3 Å².